The second-order valence-electron chi connectivity index (χ2n) is 4.49. The number of hydrogen-bond acceptors (Lipinski definition) is 3. The van der Waals surface area contributed by atoms with E-state index >= 15 is 0 Å². The van der Waals surface area contributed by atoms with E-state index in [0.717, 1.165) is 11.4 Å². The summed E-state index contributed by atoms with van der Waals surface area (Å²) in [5, 5.41) is 13.8. The van der Waals surface area contributed by atoms with E-state index in [0.29, 0.717) is 12.2 Å². The van der Waals surface area contributed by atoms with Crippen LogP contribution in [-0.4, -0.2) is 31.9 Å². The molecule has 0 radical (unpaired) electrons. The molecule has 0 bridgehead atoms. The quantitative estimate of drug-likeness (QED) is 0.847. The van der Waals surface area contributed by atoms with Gasteiger partial charge in [0.25, 0.3) is 5.91 Å². The molecule has 0 aliphatic rings. The molecule has 96 valence electrons. The number of nitrogens with zero attached hydrogens (tertiary/aromatic N) is 3. The van der Waals surface area contributed by atoms with Crippen LogP contribution in [0.15, 0.2) is 18.3 Å². The molecule has 1 atom stereocenters. The molecule has 2 rings (SSSR count). The van der Waals surface area contributed by atoms with Crippen LogP contribution in [0, 0.1) is 13.8 Å². The number of amides is 1. The average Bonchev–Trinajstić information content (AvgIpc) is 2.87. The maximum absolute atomic E-state index is 11.8. The lowest BCUT2D eigenvalue weighted by molar-refractivity contribution is 0.0931. The molecule has 0 fully saturated rings. The standard InChI is InChI=1S/C12H17N5O/c1-8-4-5-17(16-8)7-10(3)13-12(18)11-6-9(2)14-15-11/h4-6,10H,7H2,1-3H3,(H,13,18)(H,14,15)/t10-/m1/s1. The van der Waals surface area contributed by atoms with Gasteiger partial charge in [-0.2, -0.15) is 10.2 Å². The van der Waals surface area contributed by atoms with Gasteiger partial charge in [0.15, 0.2) is 0 Å². The molecular weight excluding hydrogens is 230 g/mol. The minimum absolute atomic E-state index is 0.00574. The van der Waals surface area contributed by atoms with Gasteiger partial charge in [-0.25, -0.2) is 0 Å². The maximum atomic E-state index is 11.8. The van der Waals surface area contributed by atoms with Crippen LogP contribution in [0.4, 0.5) is 0 Å². The first-order chi connectivity index (χ1) is 8.54. The summed E-state index contributed by atoms with van der Waals surface area (Å²) in [6.45, 7) is 6.38. The van der Waals surface area contributed by atoms with Gasteiger partial charge in [0, 0.05) is 17.9 Å². The second-order valence-corrected chi connectivity index (χ2v) is 4.49. The van der Waals surface area contributed by atoms with E-state index in [1.807, 2.05) is 37.7 Å². The van der Waals surface area contributed by atoms with Crippen molar-refractivity contribution in [2.24, 2.45) is 0 Å². The van der Waals surface area contributed by atoms with E-state index in [-0.39, 0.29) is 11.9 Å². The van der Waals surface area contributed by atoms with Crippen LogP contribution in [-0.2, 0) is 6.54 Å². The predicted octanol–water partition coefficient (Wildman–Crippen LogP) is 1.04. The third-order valence-corrected chi connectivity index (χ3v) is 2.55. The highest BCUT2D eigenvalue weighted by atomic mass is 16.2. The van der Waals surface area contributed by atoms with Crippen molar-refractivity contribution < 1.29 is 4.79 Å². The third-order valence-electron chi connectivity index (χ3n) is 2.55. The number of aromatic amines is 1. The highest BCUT2D eigenvalue weighted by Gasteiger charge is 2.12. The summed E-state index contributed by atoms with van der Waals surface area (Å²) in [7, 11) is 0. The normalized spacial score (nSPS) is 12.4. The van der Waals surface area contributed by atoms with Crippen LogP contribution >= 0.6 is 0 Å². The Kier molecular flexibility index (Phi) is 3.45. The summed E-state index contributed by atoms with van der Waals surface area (Å²) in [5.74, 6) is -0.171. The van der Waals surface area contributed by atoms with E-state index in [4.69, 9.17) is 0 Å². The van der Waals surface area contributed by atoms with Gasteiger partial charge in [-0.1, -0.05) is 0 Å². The Bertz CT molecular complexity index is 542. The van der Waals surface area contributed by atoms with Gasteiger partial charge in [-0.05, 0) is 32.9 Å². The summed E-state index contributed by atoms with van der Waals surface area (Å²) >= 11 is 0. The fourth-order valence-corrected chi connectivity index (χ4v) is 1.72. The van der Waals surface area contributed by atoms with E-state index in [1.54, 1.807) is 6.07 Å². The van der Waals surface area contributed by atoms with Gasteiger partial charge >= 0.3 is 0 Å². The lowest BCUT2D eigenvalue weighted by atomic mass is 10.3. The number of rotatable bonds is 4. The summed E-state index contributed by atoms with van der Waals surface area (Å²) in [4.78, 5) is 11.8. The largest absolute Gasteiger partial charge is 0.346 e. The molecule has 18 heavy (non-hydrogen) atoms. The first kappa shape index (κ1) is 12.3. The van der Waals surface area contributed by atoms with Crippen molar-refractivity contribution >= 4 is 5.91 Å². The first-order valence-corrected chi connectivity index (χ1v) is 5.87. The second kappa shape index (κ2) is 5.03. The maximum Gasteiger partial charge on any atom is 0.272 e. The Balaban J connectivity index is 1.91. The molecule has 2 aromatic rings. The van der Waals surface area contributed by atoms with Crippen molar-refractivity contribution in [1.29, 1.82) is 0 Å². The minimum Gasteiger partial charge on any atom is -0.346 e. The van der Waals surface area contributed by atoms with E-state index in [9.17, 15) is 4.79 Å². The fourth-order valence-electron chi connectivity index (χ4n) is 1.72. The molecule has 0 aliphatic heterocycles. The van der Waals surface area contributed by atoms with Crippen molar-refractivity contribution in [2.75, 3.05) is 0 Å². The Morgan fingerprint density at radius 2 is 2.33 bits per heavy atom. The van der Waals surface area contributed by atoms with Crippen molar-refractivity contribution in [3.8, 4) is 0 Å². The highest BCUT2D eigenvalue weighted by molar-refractivity contribution is 5.92. The van der Waals surface area contributed by atoms with E-state index in [1.165, 1.54) is 0 Å². The Morgan fingerprint density at radius 3 is 2.89 bits per heavy atom. The smallest absolute Gasteiger partial charge is 0.272 e. The molecule has 1 amide bonds. The van der Waals surface area contributed by atoms with Crippen LogP contribution in [0.25, 0.3) is 0 Å². The Morgan fingerprint density at radius 1 is 1.56 bits per heavy atom. The Hall–Kier alpha value is -2.11. The van der Waals surface area contributed by atoms with Crippen LogP contribution in [0.5, 0.6) is 0 Å². The number of H-pyrrole nitrogens is 1. The zero-order valence-corrected chi connectivity index (χ0v) is 10.8. The van der Waals surface area contributed by atoms with Crippen molar-refractivity contribution in [3.63, 3.8) is 0 Å². The summed E-state index contributed by atoms with van der Waals surface area (Å²) in [6, 6.07) is 3.65. The van der Waals surface area contributed by atoms with Gasteiger partial charge < -0.3 is 5.32 Å². The number of carbonyl (C=O) groups is 1. The monoisotopic (exact) mass is 247 g/mol. The lowest BCUT2D eigenvalue weighted by Gasteiger charge is -2.12. The minimum atomic E-state index is -0.171. The first-order valence-electron chi connectivity index (χ1n) is 5.87. The van der Waals surface area contributed by atoms with E-state index < -0.39 is 0 Å². The molecule has 0 saturated carbocycles. The van der Waals surface area contributed by atoms with Gasteiger partial charge in [-0.15, -0.1) is 0 Å². The third kappa shape index (κ3) is 2.97. The molecule has 0 spiro atoms. The molecule has 6 nitrogen and oxygen atoms in total. The van der Waals surface area contributed by atoms with Crippen LogP contribution in [0.3, 0.4) is 0 Å². The van der Waals surface area contributed by atoms with Crippen molar-refractivity contribution in [3.05, 3.63) is 35.4 Å². The number of aryl methyl sites for hydroxylation is 2. The summed E-state index contributed by atoms with van der Waals surface area (Å²) in [6.07, 6.45) is 1.90. The zero-order valence-electron chi connectivity index (χ0n) is 10.8. The van der Waals surface area contributed by atoms with Gasteiger partial charge in [0.2, 0.25) is 0 Å². The highest BCUT2D eigenvalue weighted by Crippen LogP contribution is 2.00. The van der Waals surface area contributed by atoms with Crippen LogP contribution in [0.2, 0.25) is 0 Å². The average molecular weight is 247 g/mol. The summed E-state index contributed by atoms with van der Waals surface area (Å²) < 4.78 is 1.82. The molecule has 6 heteroatoms. The summed E-state index contributed by atoms with van der Waals surface area (Å²) in [5.41, 5.74) is 2.25. The molecule has 0 aliphatic carbocycles. The molecule has 0 aromatic carbocycles. The molecular formula is C12H17N5O. The van der Waals surface area contributed by atoms with Gasteiger partial charge in [0.1, 0.15) is 5.69 Å². The molecule has 0 saturated heterocycles. The topological polar surface area (TPSA) is 75.6 Å². The van der Waals surface area contributed by atoms with Crippen molar-refractivity contribution in [2.45, 2.75) is 33.4 Å². The van der Waals surface area contributed by atoms with Gasteiger partial charge in [0.05, 0.1) is 12.2 Å². The van der Waals surface area contributed by atoms with E-state index in [2.05, 4.69) is 20.6 Å². The predicted molar refractivity (Wildman–Crippen MR) is 67.2 cm³/mol. The van der Waals surface area contributed by atoms with Gasteiger partial charge in [-0.3, -0.25) is 14.6 Å². The number of hydrogen-bond donors (Lipinski definition) is 2. The molecule has 2 heterocycles. The fraction of sp³-hybridized carbons (Fsp3) is 0.417. The molecule has 0 unspecified atom stereocenters. The van der Waals surface area contributed by atoms with Crippen LogP contribution < -0.4 is 5.32 Å². The number of aromatic nitrogens is 4. The molecule has 2 N–H and O–H groups in total. The van der Waals surface area contributed by atoms with Crippen molar-refractivity contribution in [1.82, 2.24) is 25.3 Å². The van der Waals surface area contributed by atoms with Crippen LogP contribution in [0.1, 0.15) is 28.8 Å². The number of carbonyl (C=O) groups excluding carboxylic acids is 1. The number of nitrogens with one attached hydrogen (secondary N) is 2. The molecule has 2 aromatic heterocycles. The lowest BCUT2D eigenvalue weighted by Crippen LogP contribution is -2.36. The SMILES string of the molecule is Cc1ccn(C[C@@H](C)NC(=O)c2cc(C)[nH]n2)n1. The zero-order chi connectivity index (χ0) is 13.1. The Labute approximate surface area is 105 Å².